The number of halogens is 2. The van der Waals surface area contributed by atoms with E-state index >= 15 is 0 Å². The molecule has 1 unspecified atom stereocenters. The first-order valence-corrected chi connectivity index (χ1v) is 6.65. The van der Waals surface area contributed by atoms with Gasteiger partial charge in [-0.3, -0.25) is 0 Å². The molecule has 0 heterocycles. The lowest BCUT2D eigenvalue weighted by molar-refractivity contribution is 0.576. The van der Waals surface area contributed by atoms with Gasteiger partial charge in [0, 0.05) is 11.1 Å². The van der Waals surface area contributed by atoms with Crippen LogP contribution in [0.1, 0.15) is 22.7 Å². The maximum Gasteiger partial charge on any atom is 0.123 e. The molecule has 1 atom stereocenters. The second kappa shape index (κ2) is 6.18. The van der Waals surface area contributed by atoms with Crippen molar-refractivity contribution in [1.29, 1.82) is 0 Å². The summed E-state index contributed by atoms with van der Waals surface area (Å²) in [5.74, 6) is -0.189. The van der Waals surface area contributed by atoms with E-state index in [0.717, 1.165) is 22.6 Å². The highest BCUT2D eigenvalue weighted by atomic mass is 35.5. The summed E-state index contributed by atoms with van der Waals surface area (Å²) in [4.78, 5) is 0. The fourth-order valence-corrected chi connectivity index (χ4v) is 2.33. The SMILES string of the molecule is CNC(Cc1ccc(Cl)cc1)c1cc(C)cc(F)c1. The Hall–Kier alpha value is -1.38. The van der Waals surface area contributed by atoms with Gasteiger partial charge in [0.1, 0.15) is 5.82 Å². The smallest absolute Gasteiger partial charge is 0.123 e. The van der Waals surface area contributed by atoms with Crippen molar-refractivity contribution in [3.05, 3.63) is 70.0 Å². The molecule has 100 valence electrons. The Kier molecular flexibility index (Phi) is 4.56. The summed E-state index contributed by atoms with van der Waals surface area (Å²) in [6.07, 6.45) is 0.802. The molecule has 1 nitrogen and oxygen atoms in total. The first-order chi connectivity index (χ1) is 9.08. The standard InChI is InChI=1S/C16H17ClFN/c1-11-7-13(10-15(18)8-11)16(19-2)9-12-3-5-14(17)6-4-12/h3-8,10,16,19H,9H2,1-2H3. The topological polar surface area (TPSA) is 12.0 Å². The second-order valence-corrected chi connectivity index (χ2v) is 5.17. The van der Waals surface area contributed by atoms with Crippen LogP contribution in [0, 0.1) is 12.7 Å². The molecule has 0 saturated carbocycles. The third kappa shape index (κ3) is 3.79. The summed E-state index contributed by atoms with van der Waals surface area (Å²) in [5, 5.41) is 3.96. The molecule has 0 bridgehead atoms. The molecule has 1 N–H and O–H groups in total. The minimum atomic E-state index is -0.189. The van der Waals surface area contributed by atoms with Crippen LogP contribution in [0.15, 0.2) is 42.5 Å². The van der Waals surface area contributed by atoms with Gasteiger partial charge in [0.15, 0.2) is 0 Å². The van der Waals surface area contributed by atoms with Gasteiger partial charge in [0.05, 0.1) is 0 Å². The quantitative estimate of drug-likeness (QED) is 0.879. The fourth-order valence-electron chi connectivity index (χ4n) is 2.21. The Balaban J connectivity index is 2.22. The van der Waals surface area contributed by atoms with E-state index in [9.17, 15) is 4.39 Å². The molecule has 19 heavy (non-hydrogen) atoms. The summed E-state index contributed by atoms with van der Waals surface area (Å²) in [5.41, 5.74) is 3.08. The number of benzene rings is 2. The highest BCUT2D eigenvalue weighted by molar-refractivity contribution is 6.30. The Morgan fingerprint density at radius 3 is 2.42 bits per heavy atom. The van der Waals surface area contributed by atoms with Gasteiger partial charge in [0.2, 0.25) is 0 Å². The van der Waals surface area contributed by atoms with Crippen molar-refractivity contribution in [1.82, 2.24) is 5.32 Å². The number of hydrogen-bond acceptors (Lipinski definition) is 1. The van der Waals surface area contributed by atoms with Crippen LogP contribution in [0.5, 0.6) is 0 Å². The van der Waals surface area contributed by atoms with E-state index in [0.29, 0.717) is 0 Å². The molecule has 0 spiro atoms. The highest BCUT2D eigenvalue weighted by Gasteiger charge is 2.11. The maximum absolute atomic E-state index is 13.5. The maximum atomic E-state index is 13.5. The molecule has 0 radical (unpaired) electrons. The molecule has 0 amide bonds. The fraction of sp³-hybridized carbons (Fsp3) is 0.250. The van der Waals surface area contributed by atoms with Crippen molar-refractivity contribution in [3.8, 4) is 0 Å². The largest absolute Gasteiger partial charge is 0.313 e. The number of rotatable bonds is 4. The van der Waals surface area contributed by atoms with Crippen LogP contribution in [0.3, 0.4) is 0 Å². The first kappa shape index (κ1) is 14.0. The van der Waals surface area contributed by atoms with E-state index in [1.54, 1.807) is 12.1 Å². The molecule has 0 aliphatic carbocycles. The third-order valence-corrected chi connectivity index (χ3v) is 3.42. The zero-order valence-corrected chi connectivity index (χ0v) is 11.8. The van der Waals surface area contributed by atoms with Gasteiger partial charge < -0.3 is 5.32 Å². The van der Waals surface area contributed by atoms with Gasteiger partial charge in [-0.05, 0) is 61.3 Å². The molecular formula is C16H17ClFN. The minimum Gasteiger partial charge on any atom is -0.313 e. The number of aryl methyl sites for hydroxylation is 1. The van der Waals surface area contributed by atoms with E-state index in [1.807, 2.05) is 44.3 Å². The molecule has 2 rings (SSSR count). The van der Waals surface area contributed by atoms with Crippen LogP contribution >= 0.6 is 11.6 Å². The lowest BCUT2D eigenvalue weighted by Crippen LogP contribution is -2.19. The van der Waals surface area contributed by atoms with Crippen molar-refractivity contribution in [2.24, 2.45) is 0 Å². The van der Waals surface area contributed by atoms with Gasteiger partial charge in [-0.25, -0.2) is 4.39 Å². The Morgan fingerprint density at radius 2 is 1.84 bits per heavy atom. The van der Waals surface area contributed by atoms with E-state index in [1.165, 1.54) is 5.56 Å². The molecule has 0 saturated heterocycles. The number of likely N-dealkylation sites (N-methyl/N-ethyl adjacent to an activating group) is 1. The molecule has 2 aromatic carbocycles. The van der Waals surface area contributed by atoms with Crippen molar-refractivity contribution in [3.63, 3.8) is 0 Å². The summed E-state index contributed by atoms with van der Waals surface area (Å²) in [6, 6.07) is 13.0. The van der Waals surface area contributed by atoms with Crippen molar-refractivity contribution in [2.75, 3.05) is 7.05 Å². The van der Waals surface area contributed by atoms with Crippen LogP contribution in [-0.4, -0.2) is 7.05 Å². The van der Waals surface area contributed by atoms with Crippen molar-refractivity contribution < 1.29 is 4.39 Å². The predicted octanol–water partition coefficient (Wildman–Crippen LogP) is 4.29. The first-order valence-electron chi connectivity index (χ1n) is 6.27. The average Bonchev–Trinajstić information content (AvgIpc) is 2.37. The normalized spacial score (nSPS) is 12.4. The van der Waals surface area contributed by atoms with E-state index in [4.69, 9.17) is 11.6 Å². The lowest BCUT2D eigenvalue weighted by Gasteiger charge is -2.17. The zero-order valence-electron chi connectivity index (χ0n) is 11.1. The van der Waals surface area contributed by atoms with Gasteiger partial charge >= 0.3 is 0 Å². The van der Waals surface area contributed by atoms with Gasteiger partial charge in [-0.2, -0.15) is 0 Å². The molecule has 2 aromatic rings. The van der Waals surface area contributed by atoms with E-state index in [-0.39, 0.29) is 11.9 Å². The van der Waals surface area contributed by atoms with Crippen LogP contribution < -0.4 is 5.32 Å². The minimum absolute atomic E-state index is 0.0931. The van der Waals surface area contributed by atoms with Crippen LogP contribution in [0.4, 0.5) is 4.39 Å². The Bertz CT molecular complexity index is 531. The average molecular weight is 278 g/mol. The molecular weight excluding hydrogens is 261 g/mol. The third-order valence-electron chi connectivity index (χ3n) is 3.17. The van der Waals surface area contributed by atoms with Gasteiger partial charge in [0.25, 0.3) is 0 Å². The summed E-state index contributed by atoms with van der Waals surface area (Å²) < 4.78 is 13.5. The summed E-state index contributed by atoms with van der Waals surface area (Å²) >= 11 is 5.88. The Labute approximate surface area is 118 Å². The zero-order chi connectivity index (χ0) is 13.8. The van der Waals surface area contributed by atoms with Crippen molar-refractivity contribution in [2.45, 2.75) is 19.4 Å². The van der Waals surface area contributed by atoms with Gasteiger partial charge in [-0.15, -0.1) is 0 Å². The molecule has 3 heteroatoms. The molecule has 0 fully saturated rings. The predicted molar refractivity (Wildman–Crippen MR) is 78.1 cm³/mol. The van der Waals surface area contributed by atoms with E-state index in [2.05, 4.69) is 5.32 Å². The van der Waals surface area contributed by atoms with Crippen molar-refractivity contribution >= 4 is 11.6 Å². The number of hydrogen-bond donors (Lipinski definition) is 1. The monoisotopic (exact) mass is 277 g/mol. The Morgan fingerprint density at radius 1 is 1.16 bits per heavy atom. The lowest BCUT2D eigenvalue weighted by atomic mass is 9.97. The highest BCUT2D eigenvalue weighted by Crippen LogP contribution is 2.21. The van der Waals surface area contributed by atoms with Crippen LogP contribution in [0.2, 0.25) is 5.02 Å². The molecule has 0 aromatic heterocycles. The summed E-state index contributed by atoms with van der Waals surface area (Å²) in [7, 11) is 1.89. The molecule has 0 aliphatic rings. The van der Waals surface area contributed by atoms with E-state index < -0.39 is 0 Å². The van der Waals surface area contributed by atoms with Gasteiger partial charge in [-0.1, -0.05) is 29.8 Å². The molecule has 0 aliphatic heterocycles. The second-order valence-electron chi connectivity index (χ2n) is 4.73. The van der Waals surface area contributed by atoms with Crippen LogP contribution in [0.25, 0.3) is 0 Å². The number of nitrogens with one attached hydrogen (secondary N) is 1. The van der Waals surface area contributed by atoms with Crippen LogP contribution in [-0.2, 0) is 6.42 Å². The summed E-state index contributed by atoms with van der Waals surface area (Å²) in [6.45, 7) is 1.90.